The average molecular weight is 597 g/mol. The van der Waals surface area contributed by atoms with Crippen molar-refractivity contribution in [2.75, 3.05) is 6.61 Å². The topological polar surface area (TPSA) is 101 Å². The van der Waals surface area contributed by atoms with Gasteiger partial charge in [0.1, 0.15) is 30.2 Å². The van der Waals surface area contributed by atoms with Crippen LogP contribution in [-0.2, 0) is 17.7 Å². The molecule has 2 aliphatic rings. The van der Waals surface area contributed by atoms with Gasteiger partial charge in [0.2, 0.25) is 0 Å². The largest absolute Gasteiger partial charge is 0.414 e. The van der Waals surface area contributed by atoms with Crippen LogP contribution in [0.5, 0.6) is 0 Å². The predicted octanol–water partition coefficient (Wildman–Crippen LogP) is 6.21. The average Bonchev–Trinajstić information content (AvgIpc) is 3.48. The molecule has 2 fully saturated rings. The highest BCUT2D eigenvalue weighted by Gasteiger charge is 2.61. The zero-order chi connectivity index (χ0) is 29.5. The Hall–Kier alpha value is -2.26. The van der Waals surface area contributed by atoms with Crippen LogP contribution in [0.15, 0.2) is 43.0 Å². The van der Waals surface area contributed by atoms with E-state index < -0.39 is 41.7 Å². The zero-order valence-electron chi connectivity index (χ0n) is 25.4. The number of benzene rings is 1. The molecule has 2 aromatic heterocycles. The van der Waals surface area contributed by atoms with Gasteiger partial charge in [-0.1, -0.05) is 91.8 Å². The highest BCUT2D eigenvalue weighted by Crippen LogP contribution is 2.48. The second-order valence-electron chi connectivity index (χ2n) is 12.4. The second-order valence-corrected chi connectivity index (χ2v) is 21.3. The smallest absolute Gasteiger partial charge is 0.335 e. The van der Waals surface area contributed by atoms with E-state index in [9.17, 15) is 5.11 Å². The summed E-state index contributed by atoms with van der Waals surface area (Å²) in [6, 6.07) is 10.0. The van der Waals surface area contributed by atoms with Crippen LogP contribution in [0.4, 0.5) is 0 Å². The van der Waals surface area contributed by atoms with E-state index in [0.717, 1.165) is 5.56 Å². The fraction of sp³-hybridized carbons (Fsp3) is 0.567. The first kappa shape index (κ1) is 30.2. The normalized spacial score (nSPS) is 26.4. The lowest BCUT2D eigenvalue weighted by Crippen LogP contribution is -2.65. The Balaban J connectivity index is 1.51. The number of fused-ring (bicyclic) bond motifs is 2. The van der Waals surface area contributed by atoms with Crippen molar-refractivity contribution >= 4 is 40.4 Å². The first-order chi connectivity index (χ1) is 19.5. The molecule has 0 unspecified atom stereocenters. The fourth-order valence-corrected chi connectivity index (χ4v) is 17.5. The Bertz CT molecular complexity index is 1350. The Morgan fingerprint density at radius 1 is 0.878 bits per heavy atom. The number of hydrogen-bond acceptors (Lipinski definition) is 8. The Morgan fingerprint density at radius 3 is 2.17 bits per heavy atom. The van der Waals surface area contributed by atoms with Crippen LogP contribution in [0.2, 0.25) is 22.2 Å². The van der Waals surface area contributed by atoms with Crippen LogP contribution in [0, 0.1) is 0 Å². The molecule has 2 aliphatic heterocycles. The zero-order valence-corrected chi connectivity index (χ0v) is 27.4. The molecule has 0 amide bonds. The van der Waals surface area contributed by atoms with E-state index in [1.165, 1.54) is 6.33 Å². The molecule has 0 spiro atoms. The molecule has 4 heterocycles. The Kier molecular flexibility index (Phi) is 8.69. The van der Waals surface area contributed by atoms with Gasteiger partial charge in [0, 0.05) is 0 Å². The summed E-state index contributed by atoms with van der Waals surface area (Å²) in [4.78, 5) is 13.6. The molecule has 9 nitrogen and oxygen atoms in total. The van der Waals surface area contributed by atoms with Crippen molar-refractivity contribution in [2.24, 2.45) is 0 Å². The van der Waals surface area contributed by atoms with Gasteiger partial charge in [-0.2, -0.15) is 0 Å². The van der Waals surface area contributed by atoms with Gasteiger partial charge in [-0.25, -0.2) is 15.0 Å². The molecule has 11 heteroatoms. The van der Waals surface area contributed by atoms with Crippen LogP contribution in [0.1, 0.15) is 72.9 Å². The number of aliphatic hydroxyl groups excluding tert-OH is 1. The third kappa shape index (κ3) is 5.37. The minimum absolute atomic E-state index is 0.154. The van der Waals surface area contributed by atoms with Gasteiger partial charge in [-0.3, -0.25) is 4.57 Å². The summed E-state index contributed by atoms with van der Waals surface area (Å²) in [5, 5.41) is 11.8. The number of aliphatic hydroxyl groups is 1. The summed E-state index contributed by atoms with van der Waals surface area (Å²) in [6.07, 6.45) is 4.36. The molecule has 222 valence electrons. The van der Waals surface area contributed by atoms with E-state index in [1.807, 2.05) is 42.5 Å². The van der Waals surface area contributed by atoms with E-state index in [1.54, 1.807) is 10.9 Å². The van der Waals surface area contributed by atoms with Crippen LogP contribution < -0.4 is 0 Å². The van der Waals surface area contributed by atoms with Gasteiger partial charge in [-0.15, -0.1) is 0 Å². The van der Waals surface area contributed by atoms with Crippen molar-refractivity contribution in [3.8, 4) is 0 Å². The third-order valence-electron chi connectivity index (χ3n) is 8.54. The van der Waals surface area contributed by atoms with Crippen LogP contribution in [0.25, 0.3) is 23.3 Å². The Labute approximate surface area is 245 Å². The van der Waals surface area contributed by atoms with Crippen molar-refractivity contribution in [2.45, 2.75) is 102 Å². The molecule has 0 bridgehead atoms. The quantitative estimate of drug-likeness (QED) is 0.321. The van der Waals surface area contributed by atoms with Crippen molar-refractivity contribution in [1.82, 2.24) is 19.5 Å². The van der Waals surface area contributed by atoms with Gasteiger partial charge in [0.25, 0.3) is 0 Å². The molecule has 41 heavy (non-hydrogen) atoms. The van der Waals surface area contributed by atoms with Gasteiger partial charge >= 0.3 is 17.1 Å². The monoisotopic (exact) mass is 596 g/mol. The third-order valence-corrected chi connectivity index (χ3v) is 18.8. The Morgan fingerprint density at radius 2 is 1.54 bits per heavy atom. The van der Waals surface area contributed by atoms with E-state index >= 15 is 0 Å². The number of nitrogens with zero attached hydrogens (tertiary/aromatic N) is 4. The molecular formula is C30H44N4O5Si2. The van der Waals surface area contributed by atoms with Crippen molar-refractivity contribution < 1.29 is 22.8 Å². The van der Waals surface area contributed by atoms with Gasteiger partial charge in [0.15, 0.2) is 11.9 Å². The van der Waals surface area contributed by atoms with Gasteiger partial charge in [0.05, 0.1) is 18.6 Å². The van der Waals surface area contributed by atoms with Gasteiger partial charge in [-0.05, 0) is 33.8 Å². The minimum atomic E-state index is -2.89. The molecule has 0 radical (unpaired) electrons. The minimum Gasteiger partial charge on any atom is -0.414 e. The SMILES string of the molecule is CC(C)[Si]1(C(C)C)OC[C@H]2O[C@@H](n3cnc4c(/C=C/c5ccccc5)ncnc43)[C@H](O)[C@@H]2O[Si](C(C)C)(C(C)C)O1. The lowest BCUT2D eigenvalue weighted by Gasteiger charge is -2.51. The molecular weight excluding hydrogens is 553 g/mol. The number of hydrogen-bond donors (Lipinski definition) is 1. The van der Waals surface area contributed by atoms with Crippen molar-refractivity contribution in [3.05, 3.63) is 54.2 Å². The number of aromatic nitrogens is 4. The second kappa shape index (κ2) is 11.8. The molecule has 4 atom stereocenters. The summed E-state index contributed by atoms with van der Waals surface area (Å²) in [7, 11) is -5.60. The van der Waals surface area contributed by atoms with Crippen LogP contribution in [-0.4, -0.2) is 66.7 Å². The molecule has 1 N–H and O–H groups in total. The summed E-state index contributed by atoms with van der Waals surface area (Å²) >= 11 is 0. The fourth-order valence-electron chi connectivity index (χ4n) is 6.28. The molecule has 0 aliphatic carbocycles. The summed E-state index contributed by atoms with van der Waals surface area (Å²) in [6.45, 7) is 17.8. The van der Waals surface area contributed by atoms with E-state index in [-0.39, 0.29) is 22.2 Å². The van der Waals surface area contributed by atoms with Crippen molar-refractivity contribution in [1.29, 1.82) is 0 Å². The van der Waals surface area contributed by atoms with Crippen molar-refractivity contribution in [3.63, 3.8) is 0 Å². The first-order valence-electron chi connectivity index (χ1n) is 14.8. The number of imidazole rings is 1. The maximum Gasteiger partial charge on any atom is 0.335 e. The molecule has 0 saturated carbocycles. The highest BCUT2D eigenvalue weighted by atomic mass is 28.5. The lowest BCUT2D eigenvalue weighted by atomic mass is 10.1. The number of rotatable bonds is 7. The highest BCUT2D eigenvalue weighted by molar-refractivity contribution is 6.84. The van der Waals surface area contributed by atoms with E-state index in [4.69, 9.17) is 17.7 Å². The maximum atomic E-state index is 11.8. The van der Waals surface area contributed by atoms with E-state index in [2.05, 4.69) is 70.3 Å². The number of ether oxygens (including phenoxy) is 1. The summed E-state index contributed by atoms with van der Waals surface area (Å²) in [5.41, 5.74) is 3.75. The predicted molar refractivity (Wildman–Crippen MR) is 164 cm³/mol. The standard InChI is InChI=1S/C30H44N4O5Si2/c1-19(2)40(20(3)4)36-16-25-28(38-41(39-40,21(5)6)22(7)8)27(35)30(37-25)34-18-33-26-24(31-17-32-29(26)34)15-14-23-12-10-9-11-13-23/h9-15,17-22,25,27-28,30,35H,16H2,1-8H3/b15-14+/t25-,27-,28-,30-/m1/s1. The summed E-state index contributed by atoms with van der Waals surface area (Å²) < 4.78 is 29.5. The first-order valence-corrected chi connectivity index (χ1v) is 18.7. The molecule has 2 saturated heterocycles. The van der Waals surface area contributed by atoms with Gasteiger partial charge < -0.3 is 22.8 Å². The van der Waals surface area contributed by atoms with E-state index in [0.29, 0.717) is 23.5 Å². The summed E-state index contributed by atoms with van der Waals surface area (Å²) in [5.74, 6) is 0. The maximum absolute atomic E-state index is 11.8. The van der Waals surface area contributed by atoms with Crippen LogP contribution in [0.3, 0.4) is 0 Å². The molecule has 5 rings (SSSR count). The lowest BCUT2D eigenvalue weighted by molar-refractivity contribution is -0.0570. The molecule has 1 aromatic carbocycles. The molecule has 3 aromatic rings. The van der Waals surface area contributed by atoms with Crippen LogP contribution >= 0.6 is 0 Å².